The monoisotopic (exact) mass is 412 g/mol. The average Bonchev–Trinajstić information content (AvgIpc) is 2.35. The van der Waals surface area contributed by atoms with Crippen molar-refractivity contribution in [2.24, 2.45) is 0 Å². The van der Waals surface area contributed by atoms with E-state index in [0.717, 1.165) is 18.7 Å². The predicted octanol–water partition coefficient (Wildman–Crippen LogP) is 5.07. The van der Waals surface area contributed by atoms with Crippen LogP contribution in [0.3, 0.4) is 0 Å². The molecule has 0 aliphatic rings. The summed E-state index contributed by atoms with van der Waals surface area (Å²) in [6, 6.07) is 1.85. The molecule has 0 amide bonds. The first-order valence-electron chi connectivity index (χ1n) is 5.80. The van der Waals surface area contributed by atoms with Crippen molar-refractivity contribution in [3.63, 3.8) is 0 Å². The molecule has 1 aromatic rings. The first kappa shape index (κ1) is 16.8. The molecule has 0 saturated heterocycles. The lowest BCUT2D eigenvalue weighted by atomic mass is 10.2. The number of rotatable bonds is 7. The second-order valence-electron chi connectivity index (χ2n) is 4.60. The zero-order valence-corrected chi connectivity index (χ0v) is 15.6. The SMILES string of the molecule is CC(CCc1ncccn1)SSC(C)(C)C(Br)Br. The minimum Gasteiger partial charge on any atom is -0.241 e. The maximum atomic E-state index is 4.25. The lowest BCUT2D eigenvalue weighted by Gasteiger charge is -2.26. The van der Waals surface area contributed by atoms with Crippen molar-refractivity contribution in [2.75, 3.05) is 0 Å². The van der Waals surface area contributed by atoms with Gasteiger partial charge in [0.1, 0.15) is 5.82 Å². The molecule has 0 fully saturated rings. The van der Waals surface area contributed by atoms with Gasteiger partial charge in [-0.2, -0.15) is 0 Å². The average molecular weight is 414 g/mol. The number of alkyl halides is 2. The Morgan fingerprint density at radius 2 is 1.89 bits per heavy atom. The summed E-state index contributed by atoms with van der Waals surface area (Å²) in [5, 5.41) is 0.594. The molecule has 1 unspecified atom stereocenters. The van der Waals surface area contributed by atoms with Gasteiger partial charge in [-0.25, -0.2) is 9.97 Å². The number of hydrogen-bond donors (Lipinski definition) is 0. The summed E-state index contributed by atoms with van der Waals surface area (Å²) >= 11 is 7.17. The zero-order valence-electron chi connectivity index (χ0n) is 10.8. The minimum absolute atomic E-state index is 0.169. The first-order valence-corrected chi connectivity index (χ1v) is 9.85. The van der Waals surface area contributed by atoms with Gasteiger partial charge in [-0.05, 0) is 26.3 Å². The lowest BCUT2D eigenvalue weighted by molar-refractivity contribution is 0.766. The van der Waals surface area contributed by atoms with Crippen LogP contribution in [0.1, 0.15) is 33.0 Å². The smallest absolute Gasteiger partial charge is 0.128 e. The highest BCUT2D eigenvalue weighted by molar-refractivity contribution is 9.24. The number of aryl methyl sites for hydroxylation is 1. The Morgan fingerprint density at radius 3 is 2.44 bits per heavy atom. The summed E-state index contributed by atoms with van der Waals surface area (Å²) < 4.78 is 0.488. The van der Waals surface area contributed by atoms with Crippen molar-refractivity contribution >= 4 is 53.4 Å². The van der Waals surface area contributed by atoms with E-state index < -0.39 is 0 Å². The number of hydrogen-bond acceptors (Lipinski definition) is 4. The Labute approximate surface area is 134 Å². The number of halogens is 2. The molecule has 0 bridgehead atoms. The van der Waals surface area contributed by atoms with Crippen LogP contribution in [0.4, 0.5) is 0 Å². The van der Waals surface area contributed by atoms with Crippen molar-refractivity contribution < 1.29 is 0 Å². The minimum atomic E-state index is 0.169. The van der Waals surface area contributed by atoms with E-state index in [2.05, 4.69) is 62.6 Å². The molecule has 1 atom stereocenters. The van der Waals surface area contributed by atoms with Gasteiger partial charge in [0.2, 0.25) is 0 Å². The largest absolute Gasteiger partial charge is 0.241 e. The zero-order chi connectivity index (χ0) is 13.6. The molecule has 0 N–H and O–H groups in total. The van der Waals surface area contributed by atoms with Crippen molar-refractivity contribution in [1.29, 1.82) is 0 Å². The second-order valence-corrected chi connectivity index (χ2v) is 11.0. The first-order chi connectivity index (χ1) is 8.42. The van der Waals surface area contributed by atoms with Crippen LogP contribution in [0.25, 0.3) is 0 Å². The summed E-state index contributed by atoms with van der Waals surface area (Å²) in [5.74, 6) is 0.938. The number of aromatic nitrogens is 2. The molecule has 0 aliphatic carbocycles. The van der Waals surface area contributed by atoms with Gasteiger partial charge in [0.05, 0.1) is 3.74 Å². The van der Waals surface area contributed by atoms with E-state index in [1.165, 1.54) is 0 Å². The van der Waals surface area contributed by atoms with Crippen molar-refractivity contribution in [3.05, 3.63) is 24.3 Å². The maximum absolute atomic E-state index is 4.25. The van der Waals surface area contributed by atoms with Gasteiger partial charge in [0, 0.05) is 28.8 Å². The topological polar surface area (TPSA) is 25.8 Å². The van der Waals surface area contributed by atoms with E-state index in [-0.39, 0.29) is 4.75 Å². The van der Waals surface area contributed by atoms with E-state index in [1.807, 2.05) is 27.7 Å². The molecule has 18 heavy (non-hydrogen) atoms. The molecule has 0 spiro atoms. The van der Waals surface area contributed by atoms with Crippen LogP contribution >= 0.6 is 53.4 Å². The quantitative estimate of drug-likeness (QED) is 0.460. The Bertz CT molecular complexity index is 347. The summed E-state index contributed by atoms with van der Waals surface area (Å²) in [4.78, 5) is 8.49. The van der Waals surface area contributed by atoms with Crippen molar-refractivity contribution in [1.82, 2.24) is 9.97 Å². The number of nitrogens with zero attached hydrogens (tertiary/aromatic N) is 2. The summed E-state index contributed by atoms with van der Waals surface area (Å²) in [5.41, 5.74) is 0. The third-order valence-electron chi connectivity index (χ3n) is 2.35. The van der Waals surface area contributed by atoms with E-state index in [9.17, 15) is 0 Å². The van der Waals surface area contributed by atoms with E-state index in [0.29, 0.717) is 8.99 Å². The molecule has 1 rings (SSSR count). The fourth-order valence-corrected chi connectivity index (χ4v) is 4.90. The van der Waals surface area contributed by atoms with Crippen LogP contribution in [0, 0.1) is 0 Å². The molecule has 102 valence electrons. The molecule has 1 aromatic heterocycles. The van der Waals surface area contributed by atoms with E-state index in [1.54, 1.807) is 12.4 Å². The summed E-state index contributed by atoms with van der Waals surface area (Å²) in [7, 11) is 3.84. The van der Waals surface area contributed by atoms with Gasteiger partial charge in [-0.15, -0.1) is 0 Å². The molecule has 0 radical (unpaired) electrons. The van der Waals surface area contributed by atoms with Crippen molar-refractivity contribution in [3.8, 4) is 0 Å². The van der Waals surface area contributed by atoms with Crippen LogP contribution < -0.4 is 0 Å². The fraction of sp³-hybridized carbons (Fsp3) is 0.667. The molecular weight excluding hydrogens is 396 g/mol. The standard InChI is InChI=1S/C12H18Br2N2S2/c1-9(17-18-12(2,3)11(13)14)5-6-10-15-7-4-8-16-10/h4,7-9,11H,5-6H2,1-3H3. The normalized spacial score (nSPS) is 13.9. The van der Waals surface area contributed by atoms with Gasteiger partial charge in [-0.1, -0.05) is 60.4 Å². The summed E-state index contributed by atoms with van der Waals surface area (Å²) in [6.07, 6.45) is 5.66. The van der Waals surface area contributed by atoms with Crippen LogP contribution in [-0.4, -0.2) is 23.7 Å². The van der Waals surface area contributed by atoms with Crippen LogP contribution in [0.2, 0.25) is 0 Å². The Balaban J connectivity index is 2.28. The van der Waals surface area contributed by atoms with E-state index in [4.69, 9.17) is 0 Å². The predicted molar refractivity (Wildman–Crippen MR) is 90.7 cm³/mol. The molecule has 2 nitrogen and oxygen atoms in total. The van der Waals surface area contributed by atoms with Crippen LogP contribution in [-0.2, 0) is 6.42 Å². The van der Waals surface area contributed by atoms with Gasteiger partial charge >= 0.3 is 0 Å². The van der Waals surface area contributed by atoms with Crippen LogP contribution in [0.5, 0.6) is 0 Å². The summed E-state index contributed by atoms with van der Waals surface area (Å²) in [6.45, 7) is 6.71. The third-order valence-corrected chi connectivity index (χ3v) is 9.13. The second kappa shape index (κ2) is 8.12. The molecule has 1 heterocycles. The van der Waals surface area contributed by atoms with Gasteiger partial charge in [0.25, 0.3) is 0 Å². The maximum Gasteiger partial charge on any atom is 0.128 e. The molecule has 0 saturated carbocycles. The molecular formula is C12H18Br2N2S2. The van der Waals surface area contributed by atoms with Gasteiger partial charge in [0.15, 0.2) is 0 Å². The van der Waals surface area contributed by atoms with Gasteiger partial charge < -0.3 is 0 Å². The Morgan fingerprint density at radius 1 is 1.28 bits per heavy atom. The fourth-order valence-electron chi connectivity index (χ4n) is 1.08. The van der Waals surface area contributed by atoms with E-state index >= 15 is 0 Å². The molecule has 0 aliphatic heterocycles. The van der Waals surface area contributed by atoms with Gasteiger partial charge in [-0.3, -0.25) is 0 Å². The Hall–Kier alpha value is 0.740. The Kier molecular flexibility index (Phi) is 7.58. The highest BCUT2D eigenvalue weighted by Gasteiger charge is 2.27. The van der Waals surface area contributed by atoms with Crippen LogP contribution in [0.15, 0.2) is 18.5 Å². The highest BCUT2D eigenvalue weighted by atomic mass is 79.9. The molecule has 0 aromatic carbocycles. The lowest BCUT2D eigenvalue weighted by Crippen LogP contribution is -2.22. The third kappa shape index (κ3) is 6.26. The highest BCUT2D eigenvalue weighted by Crippen LogP contribution is 2.45. The van der Waals surface area contributed by atoms with Crippen molar-refractivity contribution in [2.45, 2.75) is 47.3 Å². The molecule has 6 heteroatoms.